The van der Waals surface area contributed by atoms with Gasteiger partial charge in [-0.3, -0.25) is 0 Å². The van der Waals surface area contributed by atoms with Gasteiger partial charge in [0.05, 0.1) is 5.69 Å². The zero-order chi connectivity index (χ0) is 20.2. The Kier molecular flexibility index (Phi) is 5.98. The van der Waals surface area contributed by atoms with Gasteiger partial charge in [0.1, 0.15) is 29.1 Å². The molecule has 0 bridgehead atoms. The Hall–Kier alpha value is -2.62. The molecule has 0 aliphatic carbocycles. The molecule has 1 aliphatic rings. The van der Waals surface area contributed by atoms with Gasteiger partial charge in [0.15, 0.2) is 0 Å². The fourth-order valence-corrected chi connectivity index (χ4v) is 4.44. The quantitative estimate of drug-likeness (QED) is 0.539. The second-order valence-corrected chi connectivity index (χ2v) is 8.66. The first-order chi connectivity index (χ1) is 14.1. The number of thiophene rings is 1. The number of aromatic nitrogens is 1. The van der Waals surface area contributed by atoms with Crippen LogP contribution in [-0.2, 0) is 13.0 Å². The van der Waals surface area contributed by atoms with Gasteiger partial charge in [-0.1, -0.05) is 0 Å². The lowest BCUT2D eigenvalue weighted by molar-refractivity contribution is 0.271. The highest BCUT2D eigenvalue weighted by Crippen LogP contribution is 2.26. The number of nitrogens with zero attached hydrogens (tertiary/aromatic N) is 3. The van der Waals surface area contributed by atoms with Crippen molar-refractivity contribution in [1.82, 2.24) is 9.88 Å². The maximum absolute atomic E-state index is 8.90. The summed E-state index contributed by atoms with van der Waals surface area (Å²) in [6.07, 6.45) is 3.51. The normalized spacial score (nSPS) is 16.8. The summed E-state index contributed by atoms with van der Waals surface area (Å²) in [5.74, 6) is 2.35. The van der Waals surface area contributed by atoms with Crippen molar-refractivity contribution in [1.29, 1.82) is 5.26 Å². The van der Waals surface area contributed by atoms with Crippen LogP contribution in [0.3, 0.4) is 0 Å². The third-order valence-corrected chi connectivity index (χ3v) is 6.44. The number of ether oxygens (including phenoxy) is 1. The highest BCUT2D eigenvalue weighted by molar-refractivity contribution is 7.12. The average Bonchev–Trinajstić information content (AvgIpc) is 3.45. The van der Waals surface area contributed by atoms with E-state index in [1.807, 2.05) is 43.3 Å². The fourth-order valence-electron chi connectivity index (χ4n) is 3.72. The number of hydrogen-bond acceptors (Lipinski definition) is 6. The number of aryl methyl sites for hydroxylation is 1. The van der Waals surface area contributed by atoms with Gasteiger partial charge >= 0.3 is 0 Å². The molecule has 29 heavy (non-hydrogen) atoms. The van der Waals surface area contributed by atoms with E-state index in [1.165, 1.54) is 30.7 Å². The molecule has 3 aromatic rings. The molecular weight excluding hydrogens is 382 g/mol. The lowest BCUT2D eigenvalue weighted by Crippen LogP contribution is -2.29. The van der Waals surface area contributed by atoms with Crippen molar-refractivity contribution in [3.63, 3.8) is 0 Å². The van der Waals surface area contributed by atoms with Crippen molar-refractivity contribution in [3.05, 3.63) is 57.6 Å². The first kappa shape index (κ1) is 19.7. The molecule has 3 heterocycles. The number of likely N-dealkylation sites (tertiary alicyclic amines) is 1. The number of oxazole rings is 1. The zero-order valence-corrected chi connectivity index (χ0v) is 17.7. The van der Waals surface area contributed by atoms with Gasteiger partial charge in [0.2, 0.25) is 5.89 Å². The van der Waals surface area contributed by atoms with Crippen LogP contribution in [0.1, 0.15) is 41.0 Å². The minimum Gasteiger partial charge on any atom is -0.488 e. The van der Waals surface area contributed by atoms with Crippen LogP contribution in [-0.4, -0.2) is 29.0 Å². The van der Waals surface area contributed by atoms with E-state index in [0.29, 0.717) is 23.4 Å². The van der Waals surface area contributed by atoms with E-state index in [1.54, 1.807) is 0 Å². The smallest absolute Gasteiger partial charge is 0.226 e. The lowest BCUT2D eigenvalue weighted by atomic mass is 10.2. The van der Waals surface area contributed by atoms with Crippen molar-refractivity contribution < 1.29 is 9.15 Å². The topological polar surface area (TPSA) is 62.3 Å². The largest absolute Gasteiger partial charge is 0.488 e. The van der Waals surface area contributed by atoms with Crippen LogP contribution in [0, 0.1) is 18.3 Å². The van der Waals surface area contributed by atoms with Crippen LogP contribution in [0.5, 0.6) is 5.75 Å². The standard InChI is InChI=1S/C23H25N3O2S/c1-16-4-3-12-26(16)13-11-22-17(2)28-23(25-22)18-5-7-19(8-6-18)27-15-21-10-9-20(14-24)29-21/h5-10,16H,3-4,11-13,15H2,1-2H3/t16-/m1/s1. The van der Waals surface area contributed by atoms with Crippen molar-refractivity contribution in [2.45, 2.75) is 45.8 Å². The van der Waals surface area contributed by atoms with E-state index in [2.05, 4.69) is 17.9 Å². The Balaban J connectivity index is 1.36. The summed E-state index contributed by atoms with van der Waals surface area (Å²) in [5, 5.41) is 8.90. The third kappa shape index (κ3) is 4.69. The predicted octanol–water partition coefficient (Wildman–Crippen LogP) is 5.19. The van der Waals surface area contributed by atoms with E-state index >= 15 is 0 Å². The SMILES string of the molecule is Cc1oc(-c2ccc(OCc3ccc(C#N)s3)cc2)nc1CCN1CCC[C@H]1C. The van der Waals surface area contributed by atoms with E-state index in [9.17, 15) is 0 Å². The number of nitriles is 1. The first-order valence-electron chi connectivity index (χ1n) is 10.0. The number of benzene rings is 1. The first-order valence-corrected chi connectivity index (χ1v) is 10.9. The molecular formula is C23H25N3O2S. The summed E-state index contributed by atoms with van der Waals surface area (Å²) in [5.41, 5.74) is 1.99. The highest BCUT2D eigenvalue weighted by Gasteiger charge is 2.21. The van der Waals surface area contributed by atoms with Crippen molar-refractivity contribution in [2.75, 3.05) is 13.1 Å². The molecule has 6 heteroatoms. The van der Waals surface area contributed by atoms with Crippen molar-refractivity contribution >= 4 is 11.3 Å². The molecule has 0 unspecified atom stereocenters. The maximum Gasteiger partial charge on any atom is 0.226 e. The highest BCUT2D eigenvalue weighted by atomic mass is 32.1. The minimum atomic E-state index is 0.461. The zero-order valence-electron chi connectivity index (χ0n) is 16.9. The molecule has 2 aromatic heterocycles. The van der Waals surface area contributed by atoms with Gasteiger partial charge in [-0.2, -0.15) is 5.26 Å². The summed E-state index contributed by atoms with van der Waals surface area (Å²) in [4.78, 5) is 9.01. The molecule has 0 amide bonds. The molecule has 0 spiro atoms. The van der Waals surface area contributed by atoms with Crippen LogP contribution < -0.4 is 4.74 Å². The number of rotatable bonds is 7. The fraction of sp³-hybridized carbons (Fsp3) is 0.391. The van der Waals surface area contributed by atoms with Crippen LogP contribution in [0.4, 0.5) is 0 Å². The molecule has 1 saturated heterocycles. The minimum absolute atomic E-state index is 0.461. The van der Waals surface area contributed by atoms with Crippen LogP contribution in [0.15, 0.2) is 40.8 Å². The van der Waals surface area contributed by atoms with Gasteiger partial charge in [-0.25, -0.2) is 4.98 Å². The van der Waals surface area contributed by atoms with Crippen LogP contribution in [0.25, 0.3) is 11.5 Å². The Morgan fingerprint density at radius 2 is 2.10 bits per heavy atom. The molecule has 1 aromatic carbocycles. The van der Waals surface area contributed by atoms with Gasteiger partial charge in [0.25, 0.3) is 0 Å². The average molecular weight is 408 g/mol. The molecule has 0 saturated carbocycles. The van der Waals surface area contributed by atoms with Crippen LogP contribution in [0.2, 0.25) is 0 Å². The molecule has 150 valence electrons. The van der Waals surface area contributed by atoms with Crippen molar-refractivity contribution in [2.24, 2.45) is 0 Å². The molecule has 1 atom stereocenters. The van der Waals surface area contributed by atoms with Gasteiger partial charge in [-0.15, -0.1) is 11.3 Å². The van der Waals surface area contributed by atoms with E-state index in [4.69, 9.17) is 19.4 Å². The molecule has 4 rings (SSSR count). The second-order valence-electron chi connectivity index (χ2n) is 7.49. The van der Waals surface area contributed by atoms with Crippen molar-refractivity contribution in [3.8, 4) is 23.3 Å². The van der Waals surface area contributed by atoms with E-state index in [0.717, 1.165) is 40.6 Å². The third-order valence-electron chi connectivity index (χ3n) is 5.47. The maximum atomic E-state index is 8.90. The number of hydrogen-bond donors (Lipinski definition) is 0. The van der Waals surface area contributed by atoms with Gasteiger partial charge in [-0.05, 0) is 69.6 Å². The summed E-state index contributed by atoms with van der Waals surface area (Å²) >= 11 is 1.46. The Morgan fingerprint density at radius 3 is 2.79 bits per heavy atom. The predicted molar refractivity (Wildman–Crippen MR) is 114 cm³/mol. The summed E-state index contributed by atoms with van der Waals surface area (Å²) < 4.78 is 11.7. The Bertz CT molecular complexity index is 1000. The molecule has 1 fully saturated rings. The van der Waals surface area contributed by atoms with E-state index in [-0.39, 0.29) is 0 Å². The van der Waals surface area contributed by atoms with E-state index < -0.39 is 0 Å². The molecule has 5 nitrogen and oxygen atoms in total. The Morgan fingerprint density at radius 1 is 1.28 bits per heavy atom. The summed E-state index contributed by atoms with van der Waals surface area (Å²) in [6, 6.07) is 14.4. The summed E-state index contributed by atoms with van der Waals surface area (Å²) in [7, 11) is 0. The monoisotopic (exact) mass is 407 g/mol. The van der Waals surface area contributed by atoms with Gasteiger partial charge in [0, 0.05) is 29.4 Å². The summed E-state index contributed by atoms with van der Waals surface area (Å²) in [6.45, 7) is 6.99. The Labute approximate surface area is 175 Å². The lowest BCUT2D eigenvalue weighted by Gasteiger charge is -2.20. The molecule has 1 aliphatic heterocycles. The van der Waals surface area contributed by atoms with Gasteiger partial charge < -0.3 is 14.1 Å². The molecule has 0 N–H and O–H groups in total. The van der Waals surface area contributed by atoms with Crippen LogP contribution >= 0.6 is 11.3 Å². The second kappa shape index (κ2) is 8.81. The molecule has 0 radical (unpaired) electrons.